The third-order valence-electron chi connectivity index (χ3n) is 7.34. The average Bonchev–Trinajstić information content (AvgIpc) is 2.67. The zero-order valence-corrected chi connectivity index (χ0v) is 25.0. The van der Waals surface area contributed by atoms with Crippen molar-refractivity contribution in [1.29, 1.82) is 0 Å². The van der Waals surface area contributed by atoms with Crippen LogP contribution in [-0.4, -0.2) is 39.3 Å². The highest BCUT2D eigenvalue weighted by atomic mass is 28.4. The van der Waals surface area contributed by atoms with Crippen molar-refractivity contribution in [2.45, 2.75) is 102 Å². The van der Waals surface area contributed by atoms with Crippen LogP contribution in [0.15, 0.2) is 24.3 Å². The molecule has 6 heteroatoms. The second-order valence-electron chi connectivity index (χ2n) is 11.7. The van der Waals surface area contributed by atoms with Gasteiger partial charge in [0, 0.05) is 18.8 Å². The van der Waals surface area contributed by atoms with Gasteiger partial charge < -0.3 is 14.3 Å². The molecule has 34 heavy (non-hydrogen) atoms. The number of rotatable bonds is 13. The van der Waals surface area contributed by atoms with Crippen LogP contribution in [0.3, 0.4) is 0 Å². The SMILES string of the molecule is C#CCC(/C=C/C=C/C#C[C@H](CCCC(=O)OC)CC(C)(C)[Si](C)(C)O)CC(C)(C)[Si](C)(C)O. The third-order valence-corrected chi connectivity index (χ3v) is 14.4. The maximum absolute atomic E-state index is 11.5. The molecule has 0 aromatic rings. The fourth-order valence-corrected chi connectivity index (χ4v) is 4.95. The molecule has 0 aromatic carbocycles. The van der Waals surface area contributed by atoms with Crippen molar-refractivity contribution in [2.75, 3.05) is 7.11 Å². The molecule has 0 amide bonds. The maximum atomic E-state index is 11.5. The Morgan fingerprint density at radius 3 is 2.09 bits per heavy atom. The molecule has 0 fully saturated rings. The summed E-state index contributed by atoms with van der Waals surface area (Å²) in [6, 6.07) is 0. The number of methoxy groups -OCH3 is 1. The first kappa shape index (κ1) is 32.4. The number of carbonyl (C=O) groups excluding carboxylic acids is 1. The molecule has 0 aromatic heterocycles. The molecule has 2 N–H and O–H groups in total. The Labute approximate surface area is 211 Å². The van der Waals surface area contributed by atoms with Crippen LogP contribution in [0.2, 0.25) is 36.3 Å². The fraction of sp³-hybridized carbons (Fsp3) is 0.679. The zero-order chi connectivity index (χ0) is 26.6. The van der Waals surface area contributed by atoms with Crippen molar-refractivity contribution >= 4 is 22.6 Å². The van der Waals surface area contributed by atoms with E-state index >= 15 is 0 Å². The lowest BCUT2D eigenvalue weighted by molar-refractivity contribution is -0.140. The molecule has 1 unspecified atom stereocenters. The largest absolute Gasteiger partial charge is 0.469 e. The Morgan fingerprint density at radius 1 is 1.03 bits per heavy atom. The molecule has 0 saturated heterocycles. The summed E-state index contributed by atoms with van der Waals surface area (Å²) in [6.45, 7) is 16.3. The highest BCUT2D eigenvalue weighted by Crippen LogP contribution is 2.43. The van der Waals surface area contributed by atoms with Crippen molar-refractivity contribution < 1.29 is 19.1 Å². The first-order valence-electron chi connectivity index (χ1n) is 12.3. The summed E-state index contributed by atoms with van der Waals surface area (Å²) in [7, 11) is -3.23. The van der Waals surface area contributed by atoms with E-state index in [0.717, 1.165) is 19.3 Å². The molecule has 0 rings (SSSR count). The van der Waals surface area contributed by atoms with Gasteiger partial charge in [0.15, 0.2) is 16.6 Å². The van der Waals surface area contributed by atoms with Gasteiger partial charge in [-0.05, 0) is 73.9 Å². The second kappa shape index (κ2) is 14.1. The first-order valence-corrected chi connectivity index (χ1v) is 18.2. The first-order chi connectivity index (χ1) is 15.5. The molecule has 0 spiro atoms. The van der Waals surface area contributed by atoms with E-state index in [0.29, 0.717) is 19.3 Å². The molecular formula is C28H48O4Si2. The third kappa shape index (κ3) is 12.2. The van der Waals surface area contributed by atoms with Crippen LogP contribution in [0.5, 0.6) is 0 Å². The number of terminal acetylenes is 1. The van der Waals surface area contributed by atoms with Gasteiger partial charge in [-0.15, -0.1) is 12.3 Å². The van der Waals surface area contributed by atoms with E-state index in [1.807, 2.05) is 44.4 Å². The number of carbonyl (C=O) groups is 1. The van der Waals surface area contributed by atoms with E-state index in [9.17, 15) is 14.4 Å². The van der Waals surface area contributed by atoms with Crippen molar-refractivity contribution in [1.82, 2.24) is 0 Å². The van der Waals surface area contributed by atoms with Crippen LogP contribution in [0.25, 0.3) is 0 Å². The predicted molar refractivity (Wildman–Crippen MR) is 149 cm³/mol. The number of ether oxygens (including phenoxy) is 1. The quantitative estimate of drug-likeness (QED) is 0.131. The molecule has 0 bridgehead atoms. The van der Waals surface area contributed by atoms with E-state index in [-0.39, 0.29) is 27.9 Å². The Balaban J connectivity index is 5.30. The summed E-state index contributed by atoms with van der Waals surface area (Å²) in [5.74, 6) is 9.35. The van der Waals surface area contributed by atoms with Gasteiger partial charge in [-0.1, -0.05) is 57.8 Å². The van der Waals surface area contributed by atoms with E-state index in [1.54, 1.807) is 0 Å². The summed E-state index contributed by atoms with van der Waals surface area (Å²) in [5, 5.41) is -0.309. The van der Waals surface area contributed by atoms with Crippen molar-refractivity contribution in [3.63, 3.8) is 0 Å². The van der Waals surface area contributed by atoms with Gasteiger partial charge >= 0.3 is 5.97 Å². The van der Waals surface area contributed by atoms with Crippen molar-refractivity contribution in [2.24, 2.45) is 11.8 Å². The van der Waals surface area contributed by atoms with Crippen molar-refractivity contribution in [3.05, 3.63) is 24.3 Å². The highest BCUT2D eigenvalue weighted by molar-refractivity contribution is 6.73. The molecule has 4 nitrogen and oxygen atoms in total. The molecule has 0 aliphatic heterocycles. The van der Waals surface area contributed by atoms with Gasteiger partial charge in [0.25, 0.3) is 0 Å². The summed E-state index contributed by atoms with van der Waals surface area (Å²) in [4.78, 5) is 32.7. The van der Waals surface area contributed by atoms with Crippen molar-refractivity contribution in [3.8, 4) is 24.2 Å². The van der Waals surface area contributed by atoms with Gasteiger partial charge in [0.2, 0.25) is 0 Å². The second-order valence-corrected chi connectivity index (χ2v) is 20.6. The Hall–Kier alpha value is -1.58. The number of hydrogen-bond donors (Lipinski definition) is 2. The van der Waals surface area contributed by atoms with Gasteiger partial charge in [0.1, 0.15) is 0 Å². The van der Waals surface area contributed by atoms with Crippen LogP contribution in [0.4, 0.5) is 0 Å². The molecular weight excluding hydrogens is 456 g/mol. The minimum atomic E-state index is -2.35. The lowest BCUT2D eigenvalue weighted by Gasteiger charge is -2.37. The van der Waals surface area contributed by atoms with Gasteiger partial charge in [0.05, 0.1) is 7.11 Å². The molecule has 0 radical (unpaired) electrons. The number of esters is 1. The topological polar surface area (TPSA) is 66.8 Å². The van der Waals surface area contributed by atoms with Gasteiger partial charge in [-0.3, -0.25) is 4.79 Å². The fourth-order valence-electron chi connectivity index (χ4n) is 3.44. The summed E-state index contributed by atoms with van der Waals surface area (Å²) < 4.78 is 4.75. The monoisotopic (exact) mass is 504 g/mol. The van der Waals surface area contributed by atoms with Gasteiger partial charge in [-0.25, -0.2) is 0 Å². The lowest BCUT2D eigenvalue weighted by Crippen LogP contribution is -2.40. The van der Waals surface area contributed by atoms with Crippen LogP contribution in [0.1, 0.15) is 66.2 Å². The lowest BCUT2D eigenvalue weighted by atomic mass is 9.92. The minimum Gasteiger partial charge on any atom is -0.469 e. The van der Waals surface area contributed by atoms with Crippen LogP contribution in [0, 0.1) is 36.0 Å². The van der Waals surface area contributed by atoms with Gasteiger partial charge in [-0.2, -0.15) is 0 Å². The minimum absolute atomic E-state index is 0.0962. The van der Waals surface area contributed by atoms with E-state index in [4.69, 9.17) is 11.2 Å². The molecule has 2 atom stereocenters. The van der Waals surface area contributed by atoms with E-state index in [1.165, 1.54) is 7.11 Å². The smallest absolute Gasteiger partial charge is 0.305 e. The summed E-state index contributed by atoms with van der Waals surface area (Å²) in [5.41, 5.74) is 0. The molecule has 192 valence electrons. The zero-order valence-electron chi connectivity index (χ0n) is 23.0. The Kier molecular flexibility index (Phi) is 13.4. The van der Waals surface area contributed by atoms with Crippen LogP contribution >= 0.6 is 0 Å². The molecule has 0 aliphatic carbocycles. The normalized spacial score (nSPS) is 15.0. The molecule has 0 aliphatic rings. The maximum Gasteiger partial charge on any atom is 0.305 e. The van der Waals surface area contributed by atoms with E-state index in [2.05, 4.69) is 51.5 Å². The number of allylic oxidation sites excluding steroid dienone is 4. The summed E-state index contributed by atoms with van der Waals surface area (Å²) in [6.07, 6.45) is 17.6. The standard InChI is InChI=1S/C28H48O4Si2/c1-11-17-24(22-27(2,3)33(7,8)30)18-14-12-13-15-19-25(20-16-21-26(29)32-6)23-28(4,5)34(9,10)31/h1,12-14,18,24-25,30-31H,16-17,20-23H2,2-10H3/b13-12+,18-14+/t24?,25-/m1/s1. The molecule has 0 saturated carbocycles. The average molecular weight is 505 g/mol. The number of hydrogen-bond acceptors (Lipinski definition) is 4. The molecule has 0 heterocycles. The highest BCUT2D eigenvalue weighted by Gasteiger charge is 2.40. The van der Waals surface area contributed by atoms with Crippen LogP contribution < -0.4 is 0 Å². The summed E-state index contributed by atoms with van der Waals surface area (Å²) >= 11 is 0. The van der Waals surface area contributed by atoms with Crippen LogP contribution in [-0.2, 0) is 9.53 Å². The Bertz CT molecular complexity index is 793. The predicted octanol–water partition coefficient (Wildman–Crippen LogP) is 6.44. The van der Waals surface area contributed by atoms with E-state index < -0.39 is 16.6 Å². The Morgan fingerprint density at radius 2 is 1.59 bits per heavy atom.